The second-order valence-electron chi connectivity index (χ2n) is 2.54. The number of aliphatic hydroxyl groups is 1. The number of ether oxygens (including phenoxy) is 1. The Hall–Kier alpha value is -0.850. The molecule has 6 heteroatoms. The molecule has 1 aliphatic heterocycles. The van der Waals surface area contributed by atoms with Crippen LogP contribution in [-0.2, 0) is 11.3 Å². The van der Waals surface area contributed by atoms with Crippen molar-refractivity contribution >= 4 is 17.6 Å². The van der Waals surface area contributed by atoms with Crippen molar-refractivity contribution in [3.05, 3.63) is 11.8 Å². The first-order chi connectivity index (χ1) is 6.29. The number of anilines is 1. The lowest BCUT2D eigenvalue weighted by Crippen LogP contribution is -2.28. The minimum absolute atomic E-state index is 0.345. The van der Waals surface area contributed by atoms with Gasteiger partial charge in [-0.1, -0.05) is 11.8 Å². The van der Waals surface area contributed by atoms with Gasteiger partial charge in [0.05, 0.1) is 6.61 Å². The Morgan fingerprint density at radius 3 is 3.38 bits per heavy atom. The van der Waals surface area contributed by atoms with Crippen LogP contribution in [-0.4, -0.2) is 27.7 Å². The molecular weight excluding hydrogens is 190 g/mol. The first-order valence-electron chi connectivity index (χ1n) is 3.75. The summed E-state index contributed by atoms with van der Waals surface area (Å²) in [7, 11) is 0. The average Bonchev–Trinajstić information content (AvgIpc) is 2.16. The number of aromatic nitrogens is 2. The Kier molecular flexibility index (Phi) is 2.34. The Balaban J connectivity index is 2.32. The van der Waals surface area contributed by atoms with Crippen LogP contribution in [0.2, 0.25) is 0 Å². The normalized spacial score (nSPS) is 20.6. The van der Waals surface area contributed by atoms with Crippen molar-refractivity contribution in [3.63, 3.8) is 0 Å². The van der Waals surface area contributed by atoms with E-state index in [1.807, 2.05) is 6.26 Å². The Bertz CT molecular complexity index is 321. The fourth-order valence-electron chi connectivity index (χ4n) is 1.05. The SMILES string of the molecule is CSc1ncc2c(n1)NC(O)OC2. The standard InChI is InChI=1S/C7H9N3O2S/c1-13-6-8-2-4-3-12-7(11)10-5(4)9-6/h2,7,11H,3H2,1H3,(H,8,9,10). The Labute approximate surface area is 79.5 Å². The molecule has 0 bridgehead atoms. The summed E-state index contributed by atoms with van der Waals surface area (Å²) in [6, 6.07) is 0. The average molecular weight is 199 g/mol. The molecule has 2 N–H and O–H groups in total. The summed E-state index contributed by atoms with van der Waals surface area (Å²) >= 11 is 1.46. The van der Waals surface area contributed by atoms with Crippen molar-refractivity contribution in [2.45, 2.75) is 18.2 Å². The van der Waals surface area contributed by atoms with E-state index in [0.29, 0.717) is 17.6 Å². The van der Waals surface area contributed by atoms with E-state index in [4.69, 9.17) is 9.84 Å². The zero-order chi connectivity index (χ0) is 9.26. The maximum Gasteiger partial charge on any atom is 0.236 e. The summed E-state index contributed by atoms with van der Waals surface area (Å²) in [6.45, 7) is 0.345. The number of hydrogen-bond acceptors (Lipinski definition) is 6. The van der Waals surface area contributed by atoms with Gasteiger partial charge in [0, 0.05) is 11.8 Å². The van der Waals surface area contributed by atoms with Crippen LogP contribution in [0, 0.1) is 0 Å². The molecule has 0 amide bonds. The van der Waals surface area contributed by atoms with Gasteiger partial charge in [-0.3, -0.25) is 0 Å². The Morgan fingerprint density at radius 1 is 1.77 bits per heavy atom. The number of thioether (sulfide) groups is 1. The van der Waals surface area contributed by atoms with Crippen molar-refractivity contribution < 1.29 is 9.84 Å². The van der Waals surface area contributed by atoms with Crippen LogP contribution in [0.5, 0.6) is 0 Å². The van der Waals surface area contributed by atoms with Crippen molar-refractivity contribution in [2.24, 2.45) is 0 Å². The van der Waals surface area contributed by atoms with Crippen molar-refractivity contribution in [1.82, 2.24) is 9.97 Å². The van der Waals surface area contributed by atoms with Gasteiger partial charge in [-0.15, -0.1) is 0 Å². The molecule has 2 heterocycles. The summed E-state index contributed by atoms with van der Waals surface area (Å²) in [5.74, 6) is 0.651. The summed E-state index contributed by atoms with van der Waals surface area (Å²) in [4.78, 5) is 8.27. The van der Waals surface area contributed by atoms with E-state index in [0.717, 1.165) is 5.56 Å². The van der Waals surface area contributed by atoms with E-state index in [2.05, 4.69) is 15.3 Å². The van der Waals surface area contributed by atoms with E-state index in [9.17, 15) is 0 Å². The third-order valence-electron chi connectivity index (χ3n) is 1.68. The molecule has 0 fully saturated rings. The van der Waals surface area contributed by atoms with Crippen LogP contribution in [0.15, 0.2) is 11.4 Å². The number of rotatable bonds is 1. The van der Waals surface area contributed by atoms with Crippen LogP contribution < -0.4 is 5.32 Å². The van der Waals surface area contributed by atoms with E-state index < -0.39 is 6.41 Å². The van der Waals surface area contributed by atoms with Crippen LogP contribution in [0.3, 0.4) is 0 Å². The van der Waals surface area contributed by atoms with Gasteiger partial charge in [0.1, 0.15) is 5.82 Å². The first kappa shape index (κ1) is 8.74. The van der Waals surface area contributed by atoms with E-state index in [-0.39, 0.29) is 0 Å². The number of fused-ring (bicyclic) bond motifs is 1. The number of hydrogen-bond donors (Lipinski definition) is 2. The number of nitrogens with zero attached hydrogens (tertiary/aromatic N) is 2. The van der Waals surface area contributed by atoms with Gasteiger partial charge in [-0.2, -0.15) is 0 Å². The van der Waals surface area contributed by atoms with Crippen LogP contribution in [0.4, 0.5) is 5.82 Å². The molecule has 1 aromatic heterocycles. The van der Waals surface area contributed by atoms with Crippen LogP contribution >= 0.6 is 11.8 Å². The molecule has 5 nitrogen and oxygen atoms in total. The molecule has 0 saturated carbocycles. The molecule has 0 radical (unpaired) electrons. The molecule has 1 unspecified atom stereocenters. The molecule has 1 atom stereocenters. The fraction of sp³-hybridized carbons (Fsp3) is 0.429. The highest BCUT2D eigenvalue weighted by Gasteiger charge is 2.17. The highest BCUT2D eigenvalue weighted by molar-refractivity contribution is 7.98. The Morgan fingerprint density at radius 2 is 2.62 bits per heavy atom. The zero-order valence-electron chi connectivity index (χ0n) is 7.02. The summed E-state index contributed by atoms with van der Waals surface area (Å²) in [5, 5.41) is 12.5. The summed E-state index contributed by atoms with van der Waals surface area (Å²) in [6.07, 6.45) is 2.64. The lowest BCUT2D eigenvalue weighted by atomic mass is 10.3. The molecule has 1 aliphatic rings. The lowest BCUT2D eigenvalue weighted by molar-refractivity contribution is -0.0936. The minimum Gasteiger partial charge on any atom is -0.351 e. The van der Waals surface area contributed by atoms with Gasteiger partial charge in [0.2, 0.25) is 6.41 Å². The molecule has 0 aromatic carbocycles. The predicted octanol–water partition coefficient (Wildman–Crippen LogP) is 0.416. The summed E-state index contributed by atoms with van der Waals surface area (Å²) < 4.78 is 4.94. The topological polar surface area (TPSA) is 67.3 Å². The van der Waals surface area contributed by atoms with Crippen molar-refractivity contribution in [3.8, 4) is 0 Å². The largest absolute Gasteiger partial charge is 0.351 e. The van der Waals surface area contributed by atoms with Gasteiger partial charge >= 0.3 is 0 Å². The van der Waals surface area contributed by atoms with Crippen LogP contribution in [0.25, 0.3) is 0 Å². The molecule has 0 spiro atoms. The first-order valence-corrected chi connectivity index (χ1v) is 4.98. The molecule has 1 aromatic rings. The number of nitrogens with one attached hydrogen (secondary N) is 1. The second-order valence-corrected chi connectivity index (χ2v) is 3.31. The van der Waals surface area contributed by atoms with E-state index in [1.54, 1.807) is 6.20 Å². The highest BCUT2D eigenvalue weighted by Crippen LogP contribution is 2.21. The quantitative estimate of drug-likeness (QED) is 0.504. The van der Waals surface area contributed by atoms with Gasteiger partial charge in [0.15, 0.2) is 5.16 Å². The molecule has 13 heavy (non-hydrogen) atoms. The van der Waals surface area contributed by atoms with Crippen LogP contribution in [0.1, 0.15) is 5.56 Å². The molecular formula is C7H9N3O2S. The van der Waals surface area contributed by atoms with E-state index in [1.165, 1.54) is 11.8 Å². The monoisotopic (exact) mass is 199 g/mol. The highest BCUT2D eigenvalue weighted by atomic mass is 32.2. The molecule has 0 aliphatic carbocycles. The molecule has 2 rings (SSSR count). The third-order valence-corrected chi connectivity index (χ3v) is 2.24. The van der Waals surface area contributed by atoms with E-state index >= 15 is 0 Å². The maximum atomic E-state index is 9.12. The van der Waals surface area contributed by atoms with Crippen molar-refractivity contribution in [2.75, 3.05) is 11.6 Å². The van der Waals surface area contributed by atoms with Gasteiger partial charge in [0.25, 0.3) is 0 Å². The smallest absolute Gasteiger partial charge is 0.236 e. The maximum absolute atomic E-state index is 9.12. The minimum atomic E-state index is -0.961. The fourth-order valence-corrected chi connectivity index (χ4v) is 1.39. The lowest BCUT2D eigenvalue weighted by Gasteiger charge is -2.21. The van der Waals surface area contributed by atoms with Gasteiger partial charge < -0.3 is 15.2 Å². The van der Waals surface area contributed by atoms with Crippen molar-refractivity contribution in [1.29, 1.82) is 0 Å². The third kappa shape index (κ3) is 1.74. The van der Waals surface area contributed by atoms with Gasteiger partial charge in [-0.25, -0.2) is 9.97 Å². The zero-order valence-corrected chi connectivity index (χ0v) is 7.84. The molecule has 0 saturated heterocycles. The summed E-state index contributed by atoms with van der Waals surface area (Å²) in [5.41, 5.74) is 0.864. The molecule has 70 valence electrons. The predicted molar refractivity (Wildman–Crippen MR) is 48.2 cm³/mol. The van der Waals surface area contributed by atoms with Gasteiger partial charge in [-0.05, 0) is 6.26 Å². The number of aliphatic hydroxyl groups excluding tert-OH is 1. The second kappa shape index (κ2) is 3.49.